The number of benzene rings is 1. The summed E-state index contributed by atoms with van der Waals surface area (Å²) in [5.41, 5.74) is 1.03. The zero-order valence-electron chi connectivity index (χ0n) is 12.6. The lowest BCUT2D eigenvalue weighted by molar-refractivity contribution is -0.124. The standard InChI is InChI=1S/C18H21ClINO/c19-15-6-14(20)1-2-16(15)21-17(22)10-18-7-11-3-12(8-18)5-13(4-11)9-18/h1-2,6,11-13H,3-5,7-10H2,(H,21,22). The van der Waals surface area contributed by atoms with E-state index in [0.717, 1.165) is 27.0 Å². The van der Waals surface area contributed by atoms with E-state index < -0.39 is 0 Å². The molecule has 0 saturated heterocycles. The fourth-order valence-electron chi connectivity index (χ4n) is 5.63. The fraction of sp³-hybridized carbons (Fsp3) is 0.611. The fourth-order valence-corrected chi connectivity index (χ4v) is 6.54. The molecule has 0 unspecified atom stereocenters. The second-order valence-corrected chi connectivity index (χ2v) is 9.42. The first kappa shape index (κ1) is 15.3. The van der Waals surface area contributed by atoms with E-state index in [9.17, 15) is 4.79 Å². The summed E-state index contributed by atoms with van der Waals surface area (Å²) < 4.78 is 1.08. The minimum absolute atomic E-state index is 0.144. The molecule has 4 aliphatic carbocycles. The Balaban J connectivity index is 1.46. The van der Waals surface area contributed by atoms with Crippen molar-refractivity contribution in [2.45, 2.75) is 44.9 Å². The third-order valence-corrected chi connectivity index (χ3v) is 6.89. The molecule has 1 aromatic carbocycles. The third kappa shape index (κ3) is 2.91. The summed E-state index contributed by atoms with van der Waals surface area (Å²) >= 11 is 8.46. The molecule has 1 aromatic rings. The minimum Gasteiger partial charge on any atom is -0.325 e. The highest BCUT2D eigenvalue weighted by Crippen LogP contribution is 2.61. The van der Waals surface area contributed by atoms with Crippen LogP contribution in [0.15, 0.2) is 18.2 Å². The van der Waals surface area contributed by atoms with E-state index in [0.29, 0.717) is 11.4 Å². The van der Waals surface area contributed by atoms with Crippen LogP contribution in [0.4, 0.5) is 5.69 Å². The topological polar surface area (TPSA) is 29.1 Å². The lowest BCUT2D eigenvalue weighted by Gasteiger charge is -2.56. The van der Waals surface area contributed by atoms with Gasteiger partial charge in [0.05, 0.1) is 10.7 Å². The average Bonchev–Trinajstić information content (AvgIpc) is 2.39. The second kappa shape index (κ2) is 5.66. The van der Waals surface area contributed by atoms with E-state index in [-0.39, 0.29) is 11.3 Å². The summed E-state index contributed by atoms with van der Waals surface area (Å²) in [5.74, 6) is 2.81. The van der Waals surface area contributed by atoms with Crippen LogP contribution in [0, 0.1) is 26.7 Å². The minimum atomic E-state index is 0.144. The van der Waals surface area contributed by atoms with Gasteiger partial charge in [-0.3, -0.25) is 4.79 Å². The molecule has 4 fully saturated rings. The van der Waals surface area contributed by atoms with Crippen LogP contribution in [0.25, 0.3) is 0 Å². The molecule has 0 atom stereocenters. The molecule has 4 aliphatic rings. The van der Waals surface area contributed by atoms with Crippen molar-refractivity contribution < 1.29 is 4.79 Å². The van der Waals surface area contributed by atoms with Crippen molar-refractivity contribution in [3.8, 4) is 0 Å². The van der Waals surface area contributed by atoms with Gasteiger partial charge in [-0.1, -0.05) is 11.6 Å². The Labute approximate surface area is 150 Å². The summed E-state index contributed by atoms with van der Waals surface area (Å²) in [6.07, 6.45) is 8.75. The van der Waals surface area contributed by atoms with Gasteiger partial charge < -0.3 is 5.32 Å². The zero-order valence-corrected chi connectivity index (χ0v) is 15.5. The van der Waals surface area contributed by atoms with Gasteiger partial charge in [0, 0.05) is 9.99 Å². The molecule has 0 radical (unpaired) electrons. The van der Waals surface area contributed by atoms with Crippen molar-refractivity contribution in [3.05, 3.63) is 26.8 Å². The van der Waals surface area contributed by atoms with Crippen LogP contribution in [0.2, 0.25) is 5.02 Å². The van der Waals surface area contributed by atoms with Gasteiger partial charge in [0.25, 0.3) is 0 Å². The number of halogens is 2. The Morgan fingerprint density at radius 3 is 2.32 bits per heavy atom. The normalized spacial score (nSPS) is 35.6. The van der Waals surface area contributed by atoms with Crippen molar-refractivity contribution in [1.82, 2.24) is 0 Å². The van der Waals surface area contributed by atoms with Crippen LogP contribution in [0.5, 0.6) is 0 Å². The van der Waals surface area contributed by atoms with Gasteiger partial charge in [-0.05, 0) is 102 Å². The van der Waals surface area contributed by atoms with Crippen molar-refractivity contribution in [1.29, 1.82) is 0 Å². The number of hydrogen-bond acceptors (Lipinski definition) is 1. The summed E-state index contributed by atoms with van der Waals surface area (Å²) in [6.45, 7) is 0. The summed E-state index contributed by atoms with van der Waals surface area (Å²) in [5, 5.41) is 3.67. The Morgan fingerprint density at radius 2 is 1.77 bits per heavy atom. The maximum absolute atomic E-state index is 12.6. The van der Waals surface area contributed by atoms with Crippen LogP contribution in [-0.4, -0.2) is 5.91 Å². The first-order valence-corrected chi connectivity index (χ1v) is 9.72. The number of nitrogens with one attached hydrogen (secondary N) is 1. The van der Waals surface area contributed by atoms with E-state index in [1.807, 2.05) is 18.2 Å². The van der Waals surface area contributed by atoms with Crippen LogP contribution in [0.3, 0.4) is 0 Å². The highest BCUT2D eigenvalue weighted by atomic mass is 127. The number of carbonyl (C=O) groups is 1. The van der Waals surface area contributed by atoms with E-state index >= 15 is 0 Å². The van der Waals surface area contributed by atoms with Crippen molar-refractivity contribution >= 4 is 45.8 Å². The number of carbonyl (C=O) groups excluding carboxylic acids is 1. The number of hydrogen-bond donors (Lipinski definition) is 1. The number of amides is 1. The predicted octanol–water partition coefficient (Wildman–Crippen LogP) is 5.49. The van der Waals surface area contributed by atoms with E-state index in [1.54, 1.807) is 0 Å². The Hall–Kier alpha value is -0.290. The molecule has 0 aromatic heterocycles. The summed E-state index contributed by atoms with van der Waals surface area (Å²) in [6, 6.07) is 5.77. The molecule has 0 heterocycles. The maximum Gasteiger partial charge on any atom is 0.224 e. The lowest BCUT2D eigenvalue weighted by atomic mass is 9.49. The third-order valence-electron chi connectivity index (χ3n) is 5.91. The molecule has 1 N–H and O–H groups in total. The smallest absolute Gasteiger partial charge is 0.224 e. The first-order chi connectivity index (χ1) is 10.5. The molecule has 22 heavy (non-hydrogen) atoms. The van der Waals surface area contributed by atoms with Crippen molar-refractivity contribution in [2.24, 2.45) is 23.2 Å². The van der Waals surface area contributed by atoms with Gasteiger partial charge in [-0.25, -0.2) is 0 Å². The molecule has 4 saturated carbocycles. The monoisotopic (exact) mass is 429 g/mol. The highest BCUT2D eigenvalue weighted by molar-refractivity contribution is 14.1. The second-order valence-electron chi connectivity index (χ2n) is 7.77. The molecule has 4 heteroatoms. The Kier molecular flexibility index (Phi) is 3.92. The predicted molar refractivity (Wildman–Crippen MR) is 98.0 cm³/mol. The lowest BCUT2D eigenvalue weighted by Crippen LogP contribution is -2.47. The molecule has 2 nitrogen and oxygen atoms in total. The maximum atomic E-state index is 12.6. The van der Waals surface area contributed by atoms with Gasteiger partial charge >= 0.3 is 0 Å². The van der Waals surface area contributed by atoms with Gasteiger partial charge in [0.15, 0.2) is 0 Å². The molecular formula is C18H21ClINO. The Bertz CT molecular complexity index is 580. The SMILES string of the molecule is O=C(CC12CC3CC(CC(C3)C1)C2)Nc1ccc(I)cc1Cl. The summed E-state index contributed by atoms with van der Waals surface area (Å²) in [7, 11) is 0. The molecule has 1 amide bonds. The molecular weight excluding hydrogens is 409 g/mol. The van der Waals surface area contributed by atoms with Crippen LogP contribution < -0.4 is 5.32 Å². The highest BCUT2D eigenvalue weighted by Gasteiger charge is 2.51. The van der Waals surface area contributed by atoms with E-state index in [4.69, 9.17) is 11.6 Å². The zero-order chi connectivity index (χ0) is 15.3. The molecule has 0 spiro atoms. The first-order valence-electron chi connectivity index (χ1n) is 8.26. The van der Waals surface area contributed by atoms with Gasteiger partial charge in [-0.15, -0.1) is 0 Å². The number of anilines is 1. The molecule has 0 aliphatic heterocycles. The van der Waals surface area contributed by atoms with Crippen LogP contribution in [0.1, 0.15) is 44.9 Å². The quantitative estimate of drug-likeness (QED) is 0.633. The average molecular weight is 430 g/mol. The summed E-state index contributed by atoms with van der Waals surface area (Å²) in [4.78, 5) is 12.6. The molecule has 118 valence electrons. The molecule has 4 bridgehead atoms. The largest absolute Gasteiger partial charge is 0.325 e. The Morgan fingerprint density at radius 1 is 1.18 bits per heavy atom. The van der Waals surface area contributed by atoms with Crippen LogP contribution >= 0.6 is 34.2 Å². The molecule has 5 rings (SSSR count). The van der Waals surface area contributed by atoms with Crippen molar-refractivity contribution in [3.63, 3.8) is 0 Å². The van der Waals surface area contributed by atoms with Crippen molar-refractivity contribution in [2.75, 3.05) is 5.32 Å². The van der Waals surface area contributed by atoms with Gasteiger partial charge in [-0.2, -0.15) is 0 Å². The van der Waals surface area contributed by atoms with Gasteiger partial charge in [0.1, 0.15) is 0 Å². The van der Waals surface area contributed by atoms with Crippen LogP contribution in [-0.2, 0) is 4.79 Å². The van der Waals surface area contributed by atoms with E-state index in [2.05, 4.69) is 27.9 Å². The van der Waals surface area contributed by atoms with Gasteiger partial charge in [0.2, 0.25) is 5.91 Å². The number of rotatable bonds is 3. The van der Waals surface area contributed by atoms with E-state index in [1.165, 1.54) is 38.5 Å².